The van der Waals surface area contributed by atoms with Crippen molar-refractivity contribution in [1.82, 2.24) is 9.78 Å². The van der Waals surface area contributed by atoms with E-state index < -0.39 is 18.4 Å². The number of ether oxygens (including phenoxy) is 1. The number of aromatic nitrogens is 2. The third-order valence-electron chi connectivity index (χ3n) is 3.58. The number of nitrogens with one attached hydrogen (secondary N) is 1. The molecule has 0 spiro atoms. The summed E-state index contributed by atoms with van der Waals surface area (Å²) in [4.78, 5) is 23.6. The Kier molecular flexibility index (Phi) is 5.11. The highest BCUT2D eigenvalue weighted by Crippen LogP contribution is 2.21. The summed E-state index contributed by atoms with van der Waals surface area (Å²) in [6.07, 6.45) is 1.54. The monoisotopic (exact) mass is 372 g/mol. The third kappa shape index (κ3) is 4.27. The maximum absolute atomic E-state index is 12.4. The van der Waals surface area contributed by atoms with Gasteiger partial charge in [0.05, 0.1) is 11.4 Å². The molecule has 0 bridgehead atoms. The first-order chi connectivity index (χ1) is 12.9. The molecule has 9 heteroatoms. The molecule has 2 aromatic carbocycles. The first-order valence-corrected chi connectivity index (χ1v) is 7.75. The Bertz CT molecular complexity index is 971. The molecular weight excluding hydrogens is 358 g/mol. The van der Waals surface area contributed by atoms with Crippen molar-refractivity contribution in [3.63, 3.8) is 0 Å². The van der Waals surface area contributed by atoms with Crippen molar-refractivity contribution in [3.8, 4) is 11.4 Å². The predicted molar refractivity (Wildman–Crippen MR) is 93.1 cm³/mol. The van der Waals surface area contributed by atoms with Crippen molar-refractivity contribution in [2.75, 3.05) is 5.32 Å². The molecule has 0 aliphatic carbocycles. The van der Waals surface area contributed by atoms with E-state index in [9.17, 15) is 18.4 Å². The topological polar surface area (TPSA) is 99.2 Å². The van der Waals surface area contributed by atoms with Crippen LogP contribution in [0.25, 0.3) is 5.69 Å². The maximum atomic E-state index is 12.4. The second-order valence-corrected chi connectivity index (χ2v) is 5.38. The minimum absolute atomic E-state index is 0.0440. The van der Waals surface area contributed by atoms with Gasteiger partial charge in [-0.1, -0.05) is 12.1 Å². The van der Waals surface area contributed by atoms with Crippen LogP contribution in [0, 0.1) is 0 Å². The molecule has 0 fully saturated rings. The Morgan fingerprint density at radius 1 is 1.07 bits per heavy atom. The van der Waals surface area contributed by atoms with Crippen LogP contribution in [-0.4, -0.2) is 28.2 Å². The number of carbonyl (C=O) groups excluding carboxylic acids is 2. The van der Waals surface area contributed by atoms with Gasteiger partial charge >= 0.3 is 6.61 Å². The molecule has 0 aliphatic heterocycles. The van der Waals surface area contributed by atoms with Crippen molar-refractivity contribution >= 4 is 17.5 Å². The van der Waals surface area contributed by atoms with E-state index in [4.69, 9.17) is 5.73 Å². The lowest BCUT2D eigenvalue weighted by atomic mass is 10.2. The molecule has 3 aromatic rings. The minimum atomic E-state index is -2.93. The molecule has 2 amide bonds. The Morgan fingerprint density at radius 3 is 2.41 bits per heavy atom. The molecule has 138 valence electrons. The van der Waals surface area contributed by atoms with E-state index in [1.165, 1.54) is 35.0 Å². The number of alkyl halides is 2. The summed E-state index contributed by atoms with van der Waals surface area (Å²) in [6, 6.07) is 13.6. The van der Waals surface area contributed by atoms with Crippen molar-refractivity contribution < 1.29 is 23.1 Å². The maximum Gasteiger partial charge on any atom is 0.387 e. The number of nitrogens with two attached hydrogens (primary N) is 1. The van der Waals surface area contributed by atoms with E-state index in [1.807, 2.05) is 0 Å². The number of anilines is 1. The number of nitrogens with zero attached hydrogens (tertiary/aromatic N) is 2. The lowest BCUT2D eigenvalue weighted by Crippen LogP contribution is -2.15. The molecule has 0 unspecified atom stereocenters. The molecule has 0 atom stereocenters. The Hall–Kier alpha value is -3.75. The average Bonchev–Trinajstić information content (AvgIpc) is 3.12. The van der Waals surface area contributed by atoms with Crippen LogP contribution < -0.4 is 15.8 Å². The lowest BCUT2D eigenvalue weighted by molar-refractivity contribution is -0.0498. The summed E-state index contributed by atoms with van der Waals surface area (Å²) in [5, 5.41) is 6.78. The van der Waals surface area contributed by atoms with Gasteiger partial charge in [0, 0.05) is 11.8 Å². The summed E-state index contributed by atoms with van der Waals surface area (Å²) in [7, 11) is 0. The molecule has 3 rings (SSSR count). The highest BCUT2D eigenvalue weighted by Gasteiger charge is 2.13. The molecule has 1 aromatic heterocycles. The SMILES string of the molecule is NC(=O)c1ccn(-c2ccccc2NC(=O)c2ccc(OC(F)F)cc2)n1. The van der Waals surface area contributed by atoms with E-state index in [0.717, 1.165) is 0 Å². The number of para-hydroxylation sites is 2. The summed E-state index contributed by atoms with van der Waals surface area (Å²) in [6.45, 7) is -2.93. The summed E-state index contributed by atoms with van der Waals surface area (Å²) < 4.78 is 30.0. The molecular formula is C18H14F2N4O3. The highest BCUT2D eigenvalue weighted by atomic mass is 19.3. The average molecular weight is 372 g/mol. The van der Waals surface area contributed by atoms with Crippen LogP contribution in [0.3, 0.4) is 0 Å². The van der Waals surface area contributed by atoms with E-state index in [2.05, 4.69) is 15.2 Å². The zero-order valence-corrected chi connectivity index (χ0v) is 13.8. The molecule has 3 N–H and O–H groups in total. The van der Waals surface area contributed by atoms with Crippen molar-refractivity contribution in [2.45, 2.75) is 6.61 Å². The Balaban J connectivity index is 1.81. The number of carbonyl (C=O) groups is 2. The fourth-order valence-corrected chi connectivity index (χ4v) is 2.35. The van der Waals surface area contributed by atoms with E-state index in [0.29, 0.717) is 11.4 Å². The van der Waals surface area contributed by atoms with Crippen LogP contribution in [0.15, 0.2) is 60.8 Å². The van der Waals surface area contributed by atoms with Crippen LogP contribution in [-0.2, 0) is 0 Å². The molecule has 7 nitrogen and oxygen atoms in total. The quantitative estimate of drug-likeness (QED) is 0.695. The van der Waals surface area contributed by atoms with Gasteiger partial charge in [0.15, 0.2) is 0 Å². The van der Waals surface area contributed by atoms with E-state index in [-0.39, 0.29) is 17.0 Å². The number of benzene rings is 2. The first-order valence-electron chi connectivity index (χ1n) is 7.75. The van der Waals surface area contributed by atoms with Crippen molar-refractivity contribution in [2.24, 2.45) is 5.73 Å². The molecule has 0 saturated carbocycles. The van der Waals surface area contributed by atoms with Crippen LogP contribution >= 0.6 is 0 Å². The molecule has 0 radical (unpaired) electrons. The van der Waals surface area contributed by atoms with Crippen LogP contribution in [0.4, 0.5) is 14.5 Å². The predicted octanol–water partition coefficient (Wildman–Crippen LogP) is 2.82. The standard InChI is InChI=1S/C18H14F2N4O3/c19-18(20)27-12-7-5-11(6-8-12)17(26)22-13-3-1-2-4-15(13)24-10-9-14(23-24)16(21)25/h1-10,18H,(H2,21,25)(H,22,26). The van der Waals surface area contributed by atoms with Crippen LogP contribution in [0.2, 0.25) is 0 Å². The van der Waals surface area contributed by atoms with Gasteiger partial charge in [0.25, 0.3) is 11.8 Å². The summed E-state index contributed by atoms with van der Waals surface area (Å²) in [5.74, 6) is -1.16. The van der Waals surface area contributed by atoms with Gasteiger partial charge in [-0.2, -0.15) is 13.9 Å². The zero-order chi connectivity index (χ0) is 19.4. The molecule has 27 heavy (non-hydrogen) atoms. The minimum Gasteiger partial charge on any atom is -0.435 e. The number of halogens is 2. The summed E-state index contributed by atoms with van der Waals surface area (Å²) in [5.41, 5.74) is 6.51. The molecule has 0 saturated heterocycles. The largest absolute Gasteiger partial charge is 0.435 e. The van der Waals surface area contributed by atoms with Gasteiger partial charge in [0.1, 0.15) is 11.4 Å². The Labute approximate surface area is 152 Å². The number of amides is 2. The van der Waals surface area contributed by atoms with Gasteiger partial charge in [-0.25, -0.2) is 4.68 Å². The van der Waals surface area contributed by atoms with Crippen molar-refractivity contribution in [1.29, 1.82) is 0 Å². The van der Waals surface area contributed by atoms with Gasteiger partial charge < -0.3 is 15.8 Å². The first kappa shape index (κ1) is 18.1. The highest BCUT2D eigenvalue weighted by molar-refractivity contribution is 6.05. The zero-order valence-electron chi connectivity index (χ0n) is 13.8. The van der Waals surface area contributed by atoms with Gasteiger partial charge in [0.2, 0.25) is 0 Å². The Morgan fingerprint density at radius 2 is 1.78 bits per heavy atom. The fourth-order valence-electron chi connectivity index (χ4n) is 2.35. The van der Waals surface area contributed by atoms with Crippen LogP contribution in [0.5, 0.6) is 5.75 Å². The van der Waals surface area contributed by atoms with Gasteiger partial charge in [-0.05, 0) is 42.5 Å². The summed E-state index contributed by atoms with van der Waals surface area (Å²) >= 11 is 0. The number of primary amides is 1. The van der Waals surface area contributed by atoms with Crippen molar-refractivity contribution in [3.05, 3.63) is 72.1 Å². The van der Waals surface area contributed by atoms with Gasteiger partial charge in [-0.15, -0.1) is 0 Å². The smallest absolute Gasteiger partial charge is 0.387 e. The van der Waals surface area contributed by atoms with Crippen LogP contribution in [0.1, 0.15) is 20.8 Å². The molecule has 0 aliphatic rings. The normalized spacial score (nSPS) is 10.6. The van der Waals surface area contributed by atoms with Gasteiger partial charge in [-0.3, -0.25) is 9.59 Å². The number of hydrogen-bond donors (Lipinski definition) is 2. The molecule has 1 heterocycles. The fraction of sp³-hybridized carbons (Fsp3) is 0.0556. The second-order valence-electron chi connectivity index (χ2n) is 5.38. The van der Waals surface area contributed by atoms with E-state index in [1.54, 1.807) is 30.5 Å². The lowest BCUT2D eigenvalue weighted by Gasteiger charge is -2.11. The van der Waals surface area contributed by atoms with E-state index >= 15 is 0 Å². The second kappa shape index (κ2) is 7.65. The number of hydrogen-bond acceptors (Lipinski definition) is 4. The number of rotatable bonds is 6. The third-order valence-corrected chi connectivity index (χ3v) is 3.58.